The average molecular weight is 260 g/mol. The lowest BCUT2D eigenvalue weighted by Gasteiger charge is -2.17. The molecule has 1 unspecified atom stereocenters. The Balaban J connectivity index is 3.03. The molecule has 0 aliphatic rings. The van der Waals surface area contributed by atoms with Crippen molar-refractivity contribution in [1.29, 1.82) is 0 Å². The molecule has 1 rings (SSSR count). The number of esters is 1. The van der Waals surface area contributed by atoms with Gasteiger partial charge in [0.25, 0.3) is 0 Å². The summed E-state index contributed by atoms with van der Waals surface area (Å²) in [6, 6.07) is 0.132. The lowest BCUT2D eigenvalue weighted by atomic mass is 10.0. The summed E-state index contributed by atoms with van der Waals surface area (Å²) in [5, 5.41) is 9.56. The van der Waals surface area contributed by atoms with E-state index in [1.807, 2.05) is 0 Å². The molecule has 0 saturated heterocycles. The molecule has 0 amide bonds. The maximum absolute atomic E-state index is 13.6. The number of carbonyl (C=O) groups excluding carboxylic acids is 1. The molecule has 0 spiro atoms. The molecule has 5 N–H and O–H groups in total. The van der Waals surface area contributed by atoms with E-state index in [0.29, 0.717) is 0 Å². The molecule has 100 valence electrons. The van der Waals surface area contributed by atoms with E-state index in [0.717, 1.165) is 12.1 Å². The highest BCUT2D eigenvalue weighted by atomic mass is 19.1. The molecule has 1 aromatic rings. The number of benzene rings is 1. The van der Waals surface area contributed by atoms with Gasteiger partial charge in [-0.3, -0.25) is 0 Å². The number of anilines is 1. The third-order valence-corrected chi connectivity index (χ3v) is 2.32. The molecule has 0 aliphatic heterocycles. The number of phenols is 1. The lowest BCUT2D eigenvalue weighted by Crippen LogP contribution is -2.31. The van der Waals surface area contributed by atoms with E-state index < -0.39 is 29.7 Å². The van der Waals surface area contributed by atoms with Crippen molar-refractivity contribution in [3.63, 3.8) is 0 Å². The number of nitrogen functional groups attached to an aromatic ring is 1. The third-order valence-electron chi connectivity index (χ3n) is 2.32. The first-order valence-corrected chi connectivity index (χ1v) is 5.22. The number of hydrogen-bond acceptors (Lipinski definition) is 5. The standard InChI is InChI=1S/C11H14F2N2O3/c1-2-18-11(17)8(13)9(15)6-3-5(12)4-7(14)10(6)16/h3-4,8-9,16H,2,14-15H2,1H3/t8?,9-/m1/s1. The molecular weight excluding hydrogens is 246 g/mol. The fourth-order valence-electron chi connectivity index (χ4n) is 1.42. The molecular formula is C11H14F2N2O3. The van der Waals surface area contributed by atoms with Gasteiger partial charge in [-0.15, -0.1) is 0 Å². The molecule has 5 nitrogen and oxygen atoms in total. The zero-order valence-electron chi connectivity index (χ0n) is 9.69. The van der Waals surface area contributed by atoms with Gasteiger partial charge in [-0.25, -0.2) is 13.6 Å². The molecule has 0 aliphatic carbocycles. The van der Waals surface area contributed by atoms with E-state index in [-0.39, 0.29) is 17.9 Å². The summed E-state index contributed by atoms with van der Waals surface area (Å²) in [4.78, 5) is 11.2. The van der Waals surface area contributed by atoms with Crippen LogP contribution in [0.2, 0.25) is 0 Å². The van der Waals surface area contributed by atoms with Crippen LogP contribution in [-0.2, 0) is 9.53 Å². The first-order valence-electron chi connectivity index (χ1n) is 5.22. The minimum Gasteiger partial charge on any atom is -0.505 e. The Morgan fingerprint density at radius 1 is 1.56 bits per heavy atom. The molecule has 0 aromatic heterocycles. The second-order valence-electron chi connectivity index (χ2n) is 3.61. The minimum absolute atomic E-state index is 0.0107. The van der Waals surface area contributed by atoms with Crippen LogP contribution in [0.3, 0.4) is 0 Å². The number of aromatic hydroxyl groups is 1. The Morgan fingerprint density at radius 2 is 2.17 bits per heavy atom. The Hall–Kier alpha value is -1.89. The minimum atomic E-state index is -2.21. The van der Waals surface area contributed by atoms with E-state index in [9.17, 15) is 18.7 Å². The van der Waals surface area contributed by atoms with Crippen LogP contribution in [-0.4, -0.2) is 23.9 Å². The van der Waals surface area contributed by atoms with Gasteiger partial charge in [0, 0.05) is 11.6 Å². The van der Waals surface area contributed by atoms with Crippen molar-refractivity contribution in [3.8, 4) is 5.75 Å². The average Bonchev–Trinajstić information content (AvgIpc) is 2.32. The number of nitrogens with two attached hydrogens (primary N) is 2. The molecule has 0 saturated carbocycles. The summed E-state index contributed by atoms with van der Waals surface area (Å²) < 4.78 is 31.2. The van der Waals surface area contributed by atoms with Gasteiger partial charge in [0.2, 0.25) is 6.17 Å². The number of carbonyl (C=O) groups is 1. The topological polar surface area (TPSA) is 98.6 Å². The van der Waals surface area contributed by atoms with E-state index >= 15 is 0 Å². The van der Waals surface area contributed by atoms with Crippen molar-refractivity contribution < 1.29 is 23.4 Å². The summed E-state index contributed by atoms with van der Waals surface area (Å²) in [7, 11) is 0. The van der Waals surface area contributed by atoms with Crippen LogP contribution in [0.1, 0.15) is 18.5 Å². The predicted molar refractivity (Wildman–Crippen MR) is 60.9 cm³/mol. The molecule has 0 fully saturated rings. The van der Waals surface area contributed by atoms with Crippen LogP contribution < -0.4 is 11.5 Å². The molecule has 2 atom stereocenters. The zero-order valence-corrected chi connectivity index (χ0v) is 9.69. The molecule has 0 radical (unpaired) electrons. The normalized spacial score (nSPS) is 14.0. The Bertz CT molecular complexity index is 454. The maximum Gasteiger partial charge on any atom is 0.342 e. The first-order chi connectivity index (χ1) is 8.38. The number of rotatable bonds is 4. The van der Waals surface area contributed by atoms with Crippen LogP contribution >= 0.6 is 0 Å². The fraction of sp³-hybridized carbons (Fsp3) is 0.364. The van der Waals surface area contributed by atoms with Crippen LogP contribution in [0.15, 0.2) is 12.1 Å². The Kier molecular flexibility index (Phi) is 4.43. The molecule has 7 heteroatoms. The van der Waals surface area contributed by atoms with Crippen LogP contribution in [0.4, 0.5) is 14.5 Å². The number of halogens is 2. The Labute approximate surface area is 102 Å². The summed E-state index contributed by atoms with van der Waals surface area (Å²) in [6.07, 6.45) is -2.21. The van der Waals surface area contributed by atoms with Crippen molar-refractivity contribution in [2.24, 2.45) is 5.73 Å². The highest BCUT2D eigenvalue weighted by Gasteiger charge is 2.30. The highest BCUT2D eigenvalue weighted by Crippen LogP contribution is 2.32. The van der Waals surface area contributed by atoms with Crippen molar-refractivity contribution in [2.75, 3.05) is 12.3 Å². The zero-order chi connectivity index (χ0) is 13.9. The molecule has 18 heavy (non-hydrogen) atoms. The molecule has 0 heterocycles. The van der Waals surface area contributed by atoms with Gasteiger partial charge in [-0.2, -0.15) is 0 Å². The summed E-state index contributed by atoms with van der Waals surface area (Å²) in [6.45, 7) is 1.50. The van der Waals surface area contributed by atoms with Gasteiger partial charge in [-0.05, 0) is 13.0 Å². The number of alkyl halides is 1. The number of phenolic OH excluding ortho intramolecular Hbond substituents is 1. The van der Waals surface area contributed by atoms with Crippen molar-refractivity contribution in [3.05, 3.63) is 23.5 Å². The highest BCUT2D eigenvalue weighted by molar-refractivity contribution is 5.76. The van der Waals surface area contributed by atoms with Crippen molar-refractivity contribution >= 4 is 11.7 Å². The van der Waals surface area contributed by atoms with Crippen LogP contribution in [0, 0.1) is 5.82 Å². The number of ether oxygens (including phenoxy) is 1. The summed E-state index contributed by atoms with van der Waals surface area (Å²) >= 11 is 0. The SMILES string of the molecule is CCOC(=O)C(F)[C@H](N)c1cc(F)cc(N)c1O. The largest absolute Gasteiger partial charge is 0.505 e. The van der Waals surface area contributed by atoms with E-state index in [1.54, 1.807) is 0 Å². The van der Waals surface area contributed by atoms with E-state index in [4.69, 9.17) is 11.5 Å². The second-order valence-corrected chi connectivity index (χ2v) is 3.61. The van der Waals surface area contributed by atoms with Gasteiger partial charge >= 0.3 is 5.97 Å². The van der Waals surface area contributed by atoms with Crippen molar-refractivity contribution in [2.45, 2.75) is 19.1 Å². The summed E-state index contributed by atoms with van der Waals surface area (Å²) in [5.74, 6) is -2.50. The van der Waals surface area contributed by atoms with Gasteiger partial charge in [0.05, 0.1) is 18.3 Å². The Morgan fingerprint density at radius 3 is 2.72 bits per heavy atom. The molecule has 1 aromatic carbocycles. The predicted octanol–water partition coefficient (Wildman–Crippen LogP) is 1.01. The van der Waals surface area contributed by atoms with Crippen molar-refractivity contribution in [1.82, 2.24) is 0 Å². The van der Waals surface area contributed by atoms with Gasteiger partial charge in [0.1, 0.15) is 11.6 Å². The smallest absolute Gasteiger partial charge is 0.342 e. The quantitative estimate of drug-likeness (QED) is 0.426. The van der Waals surface area contributed by atoms with E-state index in [1.165, 1.54) is 6.92 Å². The third kappa shape index (κ3) is 2.86. The maximum atomic E-state index is 13.6. The fourth-order valence-corrected chi connectivity index (χ4v) is 1.42. The summed E-state index contributed by atoms with van der Waals surface area (Å²) in [5.41, 5.74) is 10.2. The monoisotopic (exact) mass is 260 g/mol. The number of hydrogen-bond donors (Lipinski definition) is 3. The lowest BCUT2D eigenvalue weighted by molar-refractivity contribution is -0.149. The van der Waals surface area contributed by atoms with Gasteiger partial charge in [-0.1, -0.05) is 0 Å². The first kappa shape index (κ1) is 14.2. The molecule has 0 bridgehead atoms. The van der Waals surface area contributed by atoms with E-state index in [2.05, 4.69) is 4.74 Å². The van der Waals surface area contributed by atoms with Gasteiger partial charge < -0.3 is 21.3 Å². The van der Waals surface area contributed by atoms with Crippen LogP contribution in [0.25, 0.3) is 0 Å². The second kappa shape index (κ2) is 5.63. The van der Waals surface area contributed by atoms with Crippen LogP contribution in [0.5, 0.6) is 5.75 Å². The van der Waals surface area contributed by atoms with Gasteiger partial charge in [0.15, 0.2) is 0 Å².